The Kier molecular flexibility index (Phi) is 3.05. The zero-order chi connectivity index (χ0) is 8.97. The summed E-state index contributed by atoms with van der Waals surface area (Å²) < 4.78 is 0. The summed E-state index contributed by atoms with van der Waals surface area (Å²) in [6, 6.07) is 0. The van der Waals surface area contributed by atoms with Gasteiger partial charge < -0.3 is 10.4 Å². The predicted molar refractivity (Wildman–Crippen MR) is 46.3 cm³/mol. The summed E-state index contributed by atoms with van der Waals surface area (Å²) in [5.74, 6) is 0. The maximum Gasteiger partial charge on any atom is 0.211 e. The minimum atomic E-state index is -0.392. The van der Waals surface area contributed by atoms with Gasteiger partial charge in [0.1, 0.15) is 0 Å². The van der Waals surface area contributed by atoms with E-state index in [1.807, 2.05) is 13.0 Å². The molecule has 0 aromatic heterocycles. The van der Waals surface area contributed by atoms with Crippen molar-refractivity contribution >= 4 is 6.41 Å². The van der Waals surface area contributed by atoms with Crippen molar-refractivity contribution in [2.75, 3.05) is 0 Å². The molecule has 1 unspecified atom stereocenters. The number of hydrogen-bond donors (Lipinski definition) is 2. The topological polar surface area (TPSA) is 49.3 Å². The van der Waals surface area contributed by atoms with Crippen LogP contribution in [0.3, 0.4) is 0 Å². The molecule has 1 amide bonds. The van der Waals surface area contributed by atoms with E-state index in [2.05, 4.69) is 5.32 Å². The van der Waals surface area contributed by atoms with Gasteiger partial charge in [0.25, 0.3) is 0 Å². The molecule has 0 saturated heterocycles. The lowest BCUT2D eigenvalue weighted by Crippen LogP contribution is -2.18. The van der Waals surface area contributed by atoms with E-state index >= 15 is 0 Å². The zero-order valence-electron chi connectivity index (χ0n) is 7.08. The minimum absolute atomic E-state index is 0.392. The van der Waals surface area contributed by atoms with Gasteiger partial charge in [-0.25, -0.2) is 0 Å². The van der Waals surface area contributed by atoms with Gasteiger partial charge in [0, 0.05) is 5.70 Å². The molecule has 0 radical (unpaired) electrons. The highest BCUT2D eigenvalue weighted by Crippen LogP contribution is 2.18. The minimum Gasteiger partial charge on any atom is -0.389 e. The Bertz CT molecular complexity index is 231. The van der Waals surface area contributed by atoms with Crippen molar-refractivity contribution in [1.82, 2.24) is 5.32 Å². The first kappa shape index (κ1) is 9.00. The number of nitrogens with one attached hydrogen (secondary N) is 1. The molecule has 1 aliphatic rings. The molecule has 3 heteroatoms. The van der Waals surface area contributed by atoms with Crippen molar-refractivity contribution in [1.29, 1.82) is 0 Å². The van der Waals surface area contributed by atoms with Crippen molar-refractivity contribution in [3.63, 3.8) is 0 Å². The first-order chi connectivity index (χ1) is 5.77. The number of amides is 1. The average molecular weight is 167 g/mol. The van der Waals surface area contributed by atoms with E-state index in [1.54, 1.807) is 6.08 Å². The Morgan fingerprint density at radius 1 is 1.83 bits per heavy atom. The summed E-state index contributed by atoms with van der Waals surface area (Å²) in [5, 5.41) is 11.9. The molecular weight excluding hydrogens is 154 g/mol. The highest BCUT2D eigenvalue weighted by molar-refractivity contribution is 5.54. The lowest BCUT2D eigenvalue weighted by molar-refractivity contribution is -0.108. The maximum absolute atomic E-state index is 10.2. The van der Waals surface area contributed by atoms with Crippen LogP contribution in [0.25, 0.3) is 0 Å². The lowest BCUT2D eigenvalue weighted by Gasteiger charge is -2.16. The first-order valence-corrected chi connectivity index (χ1v) is 4.07. The zero-order valence-corrected chi connectivity index (χ0v) is 7.08. The van der Waals surface area contributed by atoms with Crippen LogP contribution < -0.4 is 5.32 Å². The monoisotopic (exact) mass is 167 g/mol. The summed E-state index contributed by atoms with van der Waals surface area (Å²) in [4.78, 5) is 10.2. The second-order valence-electron chi connectivity index (χ2n) is 2.73. The van der Waals surface area contributed by atoms with E-state index in [9.17, 15) is 9.90 Å². The number of hydrogen-bond acceptors (Lipinski definition) is 2. The quantitative estimate of drug-likeness (QED) is 0.608. The Balaban J connectivity index is 2.73. The van der Waals surface area contributed by atoms with Crippen LogP contribution in [-0.2, 0) is 4.79 Å². The Morgan fingerprint density at radius 3 is 3.17 bits per heavy atom. The molecule has 0 saturated carbocycles. The molecule has 1 aliphatic carbocycles. The molecule has 12 heavy (non-hydrogen) atoms. The van der Waals surface area contributed by atoms with Crippen molar-refractivity contribution in [2.45, 2.75) is 25.9 Å². The number of aliphatic hydroxyl groups excluding tert-OH is 1. The van der Waals surface area contributed by atoms with Crippen molar-refractivity contribution in [2.24, 2.45) is 0 Å². The second-order valence-corrected chi connectivity index (χ2v) is 2.73. The van der Waals surface area contributed by atoms with E-state index in [0.29, 0.717) is 12.8 Å². The highest BCUT2D eigenvalue weighted by Gasteiger charge is 2.11. The highest BCUT2D eigenvalue weighted by atomic mass is 16.3. The van der Waals surface area contributed by atoms with Gasteiger partial charge >= 0.3 is 0 Å². The molecule has 0 aromatic rings. The lowest BCUT2D eigenvalue weighted by atomic mass is 9.99. The van der Waals surface area contributed by atoms with Gasteiger partial charge in [0.15, 0.2) is 0 Å². The summed E-state index contributed by atoms with van der Waals surface area (Å²) in [5.41, 5.74) is 1.83. The van der Waals surface area contributed by atoms with Crippen LogP contribution in [0.15, 0.2) is 23.4 Å². The third-order valence-corrected chi connectivity index (χ3v) is 1.90. The van der Waals surface area contributed by atoms with Crippen LogP contribution in [0.1, 0.15) is 19.8 Å². The van der Waals surface area contributed by atoms with Crippen LogP contribution in [0.2, 0.25) is 0 Å². The molecule has 0 spiro atoms. The summed E-state index contributed by atoms with van der Waals surface area (Å²) in [6.45, 7) is 1.99. The molecule has 0 bridgehead atoms. The smallest absolute Gasteiger partial charge is 0.211 e. The first-order valence-electron chi connectivity index (χ1n) is 4.07. The largest absolute Gasteiger partial charge is 0.389 e. The van der Waals surface area contributed by atoms with E-state index in [0.717, 1.165) is 17.7 Å². The van der Waals surface area contributed by atoms with Gasteiger partial charge in [0.05, 0.1) is 6.10 Å². The molecule has 1 atom stereocenters. The van der Waals surface area contributed by atoms with Crippen LogP contribution in [0, 0.1) is 0 Å². The molecule has 2 N–H and O–H groups in total. The normalized spacial score (nSPS) is 22.7. The Labute approximate surface area is 71.8 Å². The van der Waals surface area contributed by atoms with E-state index < -0.39 is 6.10 Å². The molecule has 0 heterocycles. The van der Waals surface area contributed by atoms with E-state index in [1.165, 1.54) is 0 Å². The second kappa shape index (κ2) is 4.07. The summed E-state index contributed by atoms with van der Waals surface area (Å²) in [6.07, 6.45) is 5.30. The molecule has 3 nitrogen and oxygen atoms in total. The van der Waals surface area contributed by atoms with Gasteiger partial charge in [-0.2, -0.15) is 0 Å². The fraction of sp³-hybridized carbons (Fsp3) is 0.444. The molecule has 66 valence electrons. The number of carbonyl (C=O) groups excluding carboxylic acids is 1. The van der Waals surface area contributed by atoms with Gasteiger partial charge in [0.2, 0.25) is 6.41 Å². The maximum atomic E-state index is 10.2. The van der Waals surface area contributed by atoms with Crippen LogP contribution in [-0.4, -0.2) is 17.6 Å². The van der Waals surface area contributed by atoms with Crippen LogP contribution >= 0.6 is 0 Å². The number of rotatable bonds is 3. The Morgan fingerprint density at radius 2 is 2.58 bits per heavy atom. The van der Waals surface area contributed by atoms with Crippen LogP contribution in [0.4, 0.5) is 0 Å². The fourth-order valence-electron chi connectivity index (χ4n) is 1.28. The van der Waals surface area contributed by atoms with Gasteiger partial charge in [-0.1, -0.05) is 19.1 Å². The third kappa shape index (κ3) is 1.95. The standard InChI is InChI=1S/C9H13NO2/c1-2-7-5-8(12)3-4-9(7)10-6-11/h4-6,8,12H,2-3H2,1H3,(H,10,11). The van der Waals surface area contributed by atoms with Crippen molar-refractivity contribution in [3.05, 3.63) is 23.4 Å². The van der Waals surface area contributed by atoms with Crippen LogP contribution in [0.5, 0.6) is 0 Å². The predicted octanol–water partition coefficient (Wildman–Crippen LogP) is 0.717. The van der Waals surface area contributed by atoms with E-state index in [-0.39, 0.29) is 0 Å². The summed E-state index contributed by atoms with van der Waals surface area (Å²) in [7, 11) is 0. The molecule has 0 aromatic carbocycles. The van der Waals surface area contributed by atoms with Gasteiger partial charge in [-0.05, 0) is 18.4 Å². The van der Waals surface area contributed by atoms with E-state index in [4.69, 9.17) is 0 Å². The molecule has 0 fully saturated rings. The molecule has 0 aliphatic heterocycles. The average Bonchev–Trinajstić information content (AvgIpc) is 2.08. The number of allylic oxidation sites excluding steroid dienone is 1. The number of carbonyl (C=O) groups is 1. The van der Waals surface area contributed by atoms with Gasteiger partial charge in [-0.15, -0.1) is 0 Å². The molecular formula is C9H13NO2. The van der Waals surface area contributed by atoms with Crippen molar-refractivity contribution < 1.29 is 9.90 Å². The fourth-order valence-corrected chi connectivity index (χ4v) is 1.28. The summed E-state index contributed by atoms with van der Waals surface area (Å²) >= 11 is 0. The Hall–Kier alpha value is -1.09. The molecule has 1 rings (SSSR count). The third-order valence-electron chi connectivity index (χ3n) is 1.90. The number of aliphatic hydroxyl groups is 1. The van der Waals surface area contributed by atoms with Crippen molar-refractivity contribution in [3.8, 4) is 0 Å². The SMILES string of the molecule is CCC1=CC(O)CC=C1NC=O. The van der Waals surface area contributed by atoms with Gasteiger partial charge in [-0.3, -0.25) is 4.79 Å².